The Balaban J connectivity index is 2.47. The van der Waals surface area contributed by atoms with E-state index in [4.69, 9.17) is 5.11 Å². The van der Waals surface area contributed by atoms with Gasteiger partial charge in [-0.15, -0.1) is 0 Å². The van der Waals surface area contributed by atoms with Gasteiger partial charge < -0.3 is 10.4 Å². The number of carboxylic acids is 1. The Morgan fingerprint density at radius 1 is 1.70 bits per heavy atom. The zero-order valence-electron chi connectivity index (χ0n) is 5.51. The van der Waals surface area contributed by atoms with Crippen molar-refractivity contribution in [3.8, 4) is 0 Å². The maximum absolute atomic E-state index is 12.7. The van der Waals surface area contributed by atoms with E-state index in [1.807, 2.05) is 0 Å². The second-order valence-electron chi connectivity index (χ2n) is 2.45. The smallest absolute Gasteiger partial charge is 0.309 e. The molecular formula is C6H10FNO2. The van der Waals surface area contributed by atoms with Crippen molar-refractivity contribution in [2.24, 2.45) is 5.92 Å². The second kappa shape index (κ2) is 2.96. The molecule has 0 saturated carbocycles. The average molecular weight is 147 g/mol. The zero-order chi connectivity index (χ0) is 7.56. The van der Waals surface area contributed by atoms with E-state index in [0.29, 0.717) is 13.0 Å². The minimum Gasteiger partial charge on any atom is -0.481 e. The molecule has 0 amide bonds. The Morgan fingerprint density at radius 2 is 2.40 bits per heavy atom. The monoisotopic (exact) mass is 147 g/mol. The number of carboxylic acid groups (broad SMARTS) is 1. The molecule has 1 saturated heterocycles. The van der Waals surface area contributed by atoms with E-state index >= 15 is 0 Å². The first kappa shape index (κ1) is 7.47. The van der Waals surface area contributed by atoms with Crippen molar-refractivity contribution in [3.05, 3.63) is 0 Å². The molecule has 2 N–H and O–H groups in total. The van der Waals surface area contributed by atoms with Crippen LogP contribution in [0.25, 0.3) is 0 Å². The molecule has 2 atom stereocenters. The molecule has 0 aromatic rings. The number of piperidine rings is 1. The van der Waals surface area contributed by atoms with Gasteiger partial charge in [-0.05, 0) is 13.0 Å². The highest BCUT2D eigenvalue weighted by Crippen LogP contribution is 2.15. The average Bonchev–Trinajstić information content (AvgIpc) is 1.88. The van der Waals surface area contributed by atoms with Crippen molar-refractivity contribution in [2.45, 2.75) is 12.6 Å². The highest BCUT2D eigenvalue weighted by molar-refractivity contribution is 5.70. The van der Waals surface area contributed by atoms with Gasteiger partial charge in [0, 0.05) is 6.54 Å². The zero-order valence-corrected chi connectivity index (χ0v) is 5.51. The van der Waals surface area contributed by atoms with Crippen LogP contribution in [0.3, 0.4) is 0 Å². The summed E-state index contributed by atoms with van der Waals surface area (Å²) in [6.07, 6.45) is -0.817. The van der Waals surface area contributed by atoms with Crippen LogP contribution in [0, 0.1) is 5.92 Å². The SMILES string of the molecule is O=C(O)[C@@H]1CCNC[C@H]1F. The molecule has 1 heterocycles. The van der Waals surface area contributed by atoms with Crippen LogP contribution in [0.1, 0.15) is 6.42 Å². The molecule has 1 rings (SSSR count). The first-order chi connectivity index (χ1) is 4.72. The lowest BCUT2D eigenvalue weighted by Gasteiger charge is -2.22. The van der Waals surface area contributed by atoms with Gasteiger partial charge in [-0.3, -0.25) is 4.79 Å². The van der Waals surface area contributed by atoms with Gasteiger partial charge in [-0.2, -0.15) is 0 Å². The van der Waals surface area contributed by atoms with E-state index in [1.165, 1.54) is 0 Å². The fourth-order valence-corrected chi connectivity index (χ4v) is 1.10. The third-order valence-corrected chi connectivity index (χ3v) is 1.73. The Kier molecular flexibility index (Phi) is 2.21. The molecule has 0 radical (unpaired) electrons. The number of hydrogen-bond donors (Lipinski definition) is 2. The molecule has 58 valence electrons. The highest BCUT2D eigenvalue weighted by atomic mass is 19.1. The fourth-order valence-electron chi connectivity index (χ4n) is 1.10. The number of alkyl halides is 1. The lowest BCUT2D eigenvalue weighted by atomic mass is 9.97. The van der Waals surface area contributed by atoms with Gasteiger partial charge in [0.15, 0.2) is 0 Å². The van der Waals surface area contributed by atoms with Gasteiger partial charge in [0.1, 0.15) is 6.17 Å². The predicted octanol–water partition coefficient (Wildman–Crippen LogP) is 0.0186. The summed E-state index contributed by atoms with van der Waals surface area (Å²) in [5.74, 6) is -1.81. The van der Waals surface area contributed by atoms with Crippen LogP contribution in [0.5, 0.6) is 0 Å². The van der Waals surface area contributed by atoms with Crippen molar-refractivity contribution in [1.82, 2.24) is 5.32 Å². The van der Waals surface area contributed by atoms with Gasteiger partial charge in [-0.25, -0.2) is 4.39 Å². The minimum atomic E-state index is -1.22. The van der Waals surface area contributed by atoms with E-state index in [1.54, 1.807) is 0 Å². The van der Waals surface area contributed by atoms with Gasteiger partial charge in [-0.1, -0.05) is 0 Å². The molecule has 10 heavy (non-hydrogen) atoms. The molecule has 0 aromatic heterocycles. The fraction of sp³-hybridized carbons (Fsp3) is 0.833. The number of halogens is 1. The van der Waals surface area contributed by atoms with Crippen molar-refractivity contribution in [1.29, 1.82) is 0 Å². The predicted molar refractivity (Wildman–Crippen MR) is 33.5 cm³/mol. The molecule has 0 aliphatic carbocycles. The van der Waals surface area contributed by atoms with Crippen LogP contribution in [-0.2, 0) is 4.79 Å². The van der Waals surface area contributed by atoms with Crippen molar-refractivity contribution >= 4 is 5.97 Å². The molecule has 3 nitrogen and oxygen atoms in total. The summed E-state index contributed by atoms with van der Waals surface area (Å²) in [6.45, 7) is 0.786. The minimum absolute atomic E-state index is 0.178. The number of aliphatic carboxylic acids is 1. The molecule has 1 aliphatic heterocycles. The number of nitrogens with one attached hydrogen (secondary N) is 1. The Hall–Kier alpha value is -0.640. The third-order valence-electron chi connectivity index (χ3n) is 1.73. The normalized spacial score (nSPS) is 33.7. The van der Waals surface area contributed by atoms with E-state index in [2.05, 4.69) is 5.32 Å². The van der Waals surface area contributed by atoms with Gasteiger partial charge >= 0.3 is 5.97 Å². The molecular weight excluding hydrogens is 137 g/mol. The summed E-state index contributed by atoms with van der Waals surface area (Å²) in [7, 11) is 0. The lowest BCUT2D eigenvalue weighted by Crippen LogP contribution is -2.41. The molecule has 0 unspecified atom stereocenters. The Bertz CT molecular complexity index is 140. The second-order valence-corrected chi connectivity index (χ2v) is 2.45. The van der Waals surface area contributed by atoms with Crippen LogP contribution in [0.15, 0.2) is 0 Å². The largest absolute Gasteiger partial charge is 0.481 e. The van der Waals surface area contributed by atoms with E-state index in [0.717, 1.165) is 0 Å². The molecule has 4 heteroatoms. The Morgan fingerprint density at radius 3 is 2.80 bits per heavy atom. The summed E-state index contributed by atoms with van der Waals surface area (Å²) in [5, 5.41) is 11.2. The number of hydrogen-bond acceptors (Lipinski definition) is 2. The van der Waals surface area contributed by atoms with Crippen LogP contribution in [0.4, 0.5) is 4.39 Å². The van der Waals surface area contributed by atoms with Crippen molar-refractivity contribution in [2.75, 3.05) is 13.1 Å². The third kappa shape index (κ3) is 1.44. The molecule has 1 fully saturated rings. The first-order valence-electron chi connectivity index (χ1n) is 3.29. The van der Waals surface area contributed by atoms with Gasteiger partial charge in [0.05, 0.1) is 5.92 Å². The summed E-state index contributed by atoms with van der Waals surface area (Å²) >= 11 is 0. The molecule has 0 bridgehead atoms. The van der Waals surface area contributed by atoms with E-state index in [9.17, 15) is 9.18 Å². The van der Waals surface area contributed by atoms with Crippen molar-refractivity contribution < 1.29 is 14.3 Å². The standard InChI is InChI=1S/C6H10FNO2/c7-5-3-8-2-1-4(5)6(9)10/h4-5,8H,1-3H2,(H,9,10)/t4-,5-/m1/s1. The van der Waals surface area contributed by atoms with E-state index in [-0.39, 0.29) is 6.54 Å². The molecule has 0 aromatic carbocycles. The molecule has 1 aliphatic rings. The number of carbonyl (C=O) groups is 1. The summed E-state index contributed by atoms with van der Waals surface area (Å²) in [6, 6.07) is 0. The molecule has 0 spiro atoms. The first-order valence-corrected chi connectivity index (χ1v) is 3.29. The lowest BCUT2D eigenvalue weighted by molar-refractivity contribution is -0.144. The van der Waals surface area contributed by atoms with Crippen LogP contribution >= 0.6 is 0 Å². The van der Waals surface area contributed by atoms with E-state index < -0.39 is 18.1 Å². The summed E-state index contributed by atoms with van der Waals surface area (Å²) in [5.41, 5.74) is 0. The van der Waals surface area contributed by atoms with Crippen LogP contribution in [0.2, 0.25) is 0 Å². The van der Waals surface area contributed by atoms with Gasteiger partial charge in [0.2, 0.25) is 0 Å². The van der Waals surface area contributed by atoms with Gasteiger partial charge in [0.25, 0.3) is 0 Å². The quantitative estimate of drug-likeness (QED) is 0.549. The van der Waals surface area contributed by atoms with Crippen LogP contribution in [-0.4, -0.2) is 30.3 Å². The maximum atomic E-state index is 12.7. The summed E-state index contributed by atoms with van der Waals surface area (Å²) in [4.78, 5) is 10.3. The summed E-state index contributed by atoms with van der Waals surface area (Å²) < 4.78 is 12.7. The highest BCUT2D eigenvalue weighted by Gasteiger charge is 2.30. The van der Waals surface area contributed by atoms with Crippen molar-refractivity contribution in [3.63, 3.8) is 0 Å². The van der Waals surface area contributed by atoms with Crippen LogP contribution < -0.4 is 5.32 Å². The maximum Gasteiger partial charge on any atom is 0.309 e. The topological polar surface area (TPSA) is 49.3 Å². The number of rotatable bonds is 1. The Labute approximate surface area is 58.2 Å².